The first-order valence-electron chi connectivity index (χ1n) is 7.65. The fraction of sp³-hybridized carbons (Fsp3) is 0.235. The second-order valence-electron chi connectivity index (χ2n) is 5.21. The van der Waals surface area contributed by atoms with E-state index in [1.807, 2.05) is 41.4 Å². The van der Waals surface area contributed by atoms with Gasteiger partial charge in [-0.2, -0.15) is 5.10 Å². The Kier molecular flexibility index (Phi) is 5.37. The first-order chi connectivity index (χ1) is 11.7. The lowest BCUT2D eigenvalue weighted by Gasteiger charge is -2.06. The normalized spacial score (nSPS) is 10.9. The van der Waals surface area contributed by atoms with Gasteiger partial charge in [-0.05, 0) is 24.6 Å². The lowest BCUT2D eigenvalue weighted by Crippen LogP contribution is -2.00. The topological polar surface area (TPSA) is 48.5 Å². The molecule has 0 spiro atoms. The Hall–Kier alpha value is -2.05. The molecule has 0 aliphatic heterocycles. The highest BCUT2D eigenvalue weighted by molar-refractivity contribution is 7.98. The minimum Gasteiger partial charge on any atom is -0.298 e. The molecule has 0 bridgehead atoms. The maximum Gasteiger partial charge on any atom is 0.192 e. The third-order valence-corrected chi connectivity index (χ3v) is 4.77. The maximum atomic E-state index is 6.04. The number of rotatable bonds is 7. The van der Waals surface area contributed by atoms with Crippen LogP contribution in [0.4, 0.5) is 0 Å². The summed E-state index contributed by atoms with van der Waals surface area (Å²) in [5.41, 5.74) is 2.11. The summed E-state index contributed by atoms with van der Waals surface area (Å²) in [5, 5.41) is 14.6. The molecule has 0 aliphatic carbocycles. The van der Waals surface area contributed by atoms with Crippen LogP contribution in [0.3, 0.4) is 0 Å². The average molecular weight is 360 g/mol. The van der Waals surface area contributed by atoms with Gasteiger partial charge in [-0.1, -0.05) is 41.6 Å². The number of nitrogens with zero attached hydrogens (tertiary/aromatic N) is 5. The summed E-state index contributed by atoms with van der Waals surface area (Å²) in [7, 11) is 0. The molecule has 2 heterocycles. The van der Waals surface area contributed by atoms with Crippen LogP contribution in [-0.4, -0.2) is 24.5 Å². The third-order valence-electron chi connectivity index (χ3n) is 3.50. The largest absolute Gasteiger partial charge is 0.298 e. The summed E-state index contributed by atoms with van der Waals surface area (Å²) in [6.07, 6.45) is 5.65. The van der Waals surface area contributed by atoms with Gasteiger partial charge >= 0.3 is 0 Å². The summed E-state index contributed by atoms with van der Waals surface area (Å²) in [6.45, 7) is 7.37. The third kappa shape index (κ3) is 3.71. The summed E-state index contributed by atoms with van der Waals surface area (Å²) in [5.74, 6) is 1.59. The van der Waals surface area contributed by atoms with Crippen molar-refractivity contribution in [2.24, 2.45) is 0 Å². The zero-order valence-electron chi connectivity index (χ0n) is 13.4. The highest BCUT2D eigenvalue weighted by atomic mass is 35.5. The number of hydrogen-bond acceptors (Lipinski definition) is 4. The molecule has 0 radical (unpaired) electrons. The van der Waals surface area contributed by atoms with Crippen molar-refractivity contribution < 1.29 is 0 Å². The molecule has 0 atom stereocenters. The minimum atomic E-state index is 0.650. The molecule has 124 valence electrons. The average Bonchev–Trinajstić information content (AvgIpc) is 3.20. The van der Waals surface area contributed by atoms with Crippen molar-refractivity contribution in [2.45, 2.75) is 30.9 Å². The van der Waals surface area contributed by atoms with E-state index in [1.54, 1.807) is 11.8 Å². The molecule has 0 unspecified atom stereocenters. The summed E-state index contributed by atoms with van der Waals surface area (Å²) in [4.78, 5) is 0. The smallest absolute Gasteiger partial charge is 0.192 e. The number of benzene rings is 1. The molecule has 5 nitrogen and oxygen atoms in total. The van der Waals surface area contributed by atoms with Gasteiger partial charge in [0.1, 0.15) is 0 Å². The number of thioether (sulfide) groups is 1. The quantitative estimate of drug-likeness (QED) is 0.466. The lowest BCUT2D eigenvalue weighted by atomic mass is 10.2. The molecule has 3 rings (SSSR count). The van der Waals surface area contributed by atoms with Gasteiger partial charge in [-0.15, -0.1) is 16.8 Å². The summed E-state index contributed by atoms with van der Waals surface area (Å²) < 4.78 is 3.93. The van der Waals surface area contributed by atoms with Crippen molar-refractivity contribution in [3.05, 3.63) is 59.9 Å². The highest BCUT2D eigenvalue weighted by Crippen LogP contribution is 2.27. The van der Waals surface area contributed by atoms with Crippen molar-refractivity contribution in [1.29, 1.82) is 0 Å². The molecular weight excluding hydrogens is 342 g/mol. The molecule has 7 heteroatoms. The van der Waals surface area contributed by atoms with Gasteiger partial charge in [-0.3, -0.25) is 9.25 Å². The van der Waals surface area contributed by atoms with E-state index in [0.717, 1.165) is 39.4 Å². The van der Waals surface area contributed by atoms with Crippen molar-refractivity contribution >= 4 is 23.4 Å². The Morgan fingerprint density at radius 3 is 2.92 bits per heavy atom. The van der Waals surface area contributed by atoms with Crippen LogP contribution < -0.4 is 0 Å². The van der Waals surface area contributed by atoms with E-state index in [0.29, 0.717) is 6.54 Å². The SMILES string of the molecule is C=CCn1c(SCc2cccc(Cl)c2)nnc1-c1cnn(CC)c1. The van der Waals surface area contributed by atoms with Crippen LogP contribution in [0.25, 0.3) is 11.4 Å². The summed E-state index contributed by atoms with van der Waals surface area (Å²) >= 11 is 7.68. The van der Waals surface area contributed by atoms with Crippen LogP contribution in [0.15, 0.2) is 54.5 Å². The van der Waals surface area contributed by atoms with Gasteiger partial charge in [-0.25, -0.2) is 0 Å². The molecule has 0 fully saturated rings. The maximum absolute atomic E-state index is 6.04. The van der Waals surface area contributed by atoms with Crippen LogP contribution >= 0.6 is 23.4 Å². The number of allylic oxidation sites excluding steroid dienone is 1. The van der Waals surface area contributed by atoms with E-state index in [4.69, 9.17) is 11.6 Å². The molecular formula is C17H18ClN5S. The second-order valence-corrected chi connectivity index (χ2v) is 6.59. The second kappa shape index (κ2) is 7.68. The molecule has 0 N–H and O–H groups in total. The Morgan fingerprint density at radius 1 is 1.33 bits per heavy atom. The number of aromatic nitrogens is 5. The van der Waals surface area contributed by atoms with E-state index in [-0.39, 0.29) is 0 Å². The molecule has 0 saturated carbocycles. The van der Waals surface area contributed by atoms with Crippen molar-refractivity contribution in [3.63, 3.8) is 0 Å². The highest BCUT2D eigenvalue weighted by Gasteiger charge is 2.15. The number of aryl methyl sites for hydroxylation is 1. The fourth-order valence-electron chi connectivity index (χ4n) is 2.33. The van der Waals surface area contributed by atoms with Crippen LogP contribution in [-0.2, 0) is 18.8 Å². The molecule has 0 saturated heterocycles. The van der Waals surface area contributed by atoms with Crippen LogP contribution in [0.5, 0.6) is 0 Å². The lowest BCUT2D eigenvalue weighted by molar-refractivity contribution is 0.660. The monoisotopic (exact) mass is 359 g/mol. The van der Waals surface area contributed by atoms with Gasteiger partial charge in [0.2, 0.25) is 0 Å². The Morgan fingerprint density at radius 2 is 2.21 bits per heavy atom. The number of hydrogen-bond donors (Lipinski definition) is 0. The van der Waals surface area contributed by atoms with Gasteiger partial charge in [0.05, 0.1) is 11.8 Å². The van der Waals surface area contributed by atoms with Gasteiger partial charge in [0, 0.05) is 30.1 Å². The van der Waals surface area contributed by atoms with Gasteiger partial charge < -0.3 is 0 Å². The zero-order valence-corrected chi connectivity index (χ0v) is 15.0. The summed E-state index contributed by atoms with van der Waals surface area (Å²) in [6, 6.07) is 7.85. The number of halogens is 1. The van der Waals surface area contributed by atoms with Gasteiger partial charge in [0.25, 0.3) is 0 Å². The first kappa shape index (κ1) is 16.8. The van der Waals surface area contributed by atoms with E-state index in [2.05, 4.69) is 39.4 Å². The zero-order chi connectivity index (χ0) is 16.9. The van der Waals surface area contributed by atoms with Crippen LogP contribution in [0.1, 0.15) is 12.5 Å². The fourth-order valence-corrected chi connectivity index (χ4v) is 3.43. The molecule has 0 aliphatic rings. The molecule has 3 aromatic rings. The van der Waals surface area contributed by atoms with E-state index < -0.39 is 0 Å². The first-order valence-corrected chi connectivity index (χ1v) is 9.01. The van der Waals surface area contributed by atoms with Crippen LogP contribution in [0, 0.1) is 0 Å². The Labute approximate surface area is 150 Å². The van der Waals surface area contributed by atoms with E-state index in [1.165, 1.54) is 0 Å². The van der Waals surface area contributed by atoms with Crippen molar-refractivity contribution in [2.75, 3.05) is 0 Å². The minimum absolute atomic E-state index is 0.650. The molecule has 0 amide bonds. The standard InChI is InChI=1S/C17H18ClN5S/c1-3-8-23-16(14-10-19-22(4-2)11-14)20-21-17(23)24-12-13-6-5-7-15(18)9-13/h3,5-7,9-11H,1,4,8,12H2,2H3. The predicted molar refractivity (Wildman–Crippen MR) is 98.1 cm³/mol. The van der Waals surface area contributed by atoms with Crippen molar-refractivity contribution in [1.82, 2.24) is 24.5 Å². The predicted octanol–water partition coefficient (Wildman–Crippen LogP) is 4.29. The molecule has 2 aromatic heterocycles. The van der Waals surface area contributed by atoms with Crippen LogP contribution in [0.2, 0.25) is 5.02 Å². The Balaban J connectivity index is 1.84. The molecule has 1 aromatic carbocycles. The Bertz CT molecular complexity index is 839. The van der Waals surface area contributed by atoms with Gasteiger partial charge in [0.15, 0.2) is 11.0 Å². The van der Waals surface area contributed by atoms with E-state index >= 15 is 0 Å². The van der Waals surface area contributed by atoms with Crippen molar-refractivity contribution in [3.8, 4) is 11.4 Å². The molecule has 24 heavy (non-hydrogen) atoms. The van der Waals surface area contributed by atoms with E-state index in [9.17, 15) is 0 Å².